The van der Waals surface area contributed by atoms with Crippen LogP contribution in [-0.4, -0.2) is 27.9 Å². The van der Waals surface area contributed by atoms with Gasteiger partial charge in [0.25, 0.3) is 0 Å². The highest BCUT2D eigenvalue weighted by molar-refractivity contribution is 5.87. The molecule has 4 nitrogen and oxygen atoms in total. The molecule has 0 saturated heterocycles. The number of rotatable bonds is 9. The van der Waals surface area contributed by atoms with Gasteiger partial charge in [0.2, 0.25) is 0 Å². The average Bonchev–Trinajstić information content (AvgIpc) is 3.15. The van der Waals surface area contributed by atoms with Gasteiger partial charge in [-0.05, 0) is 81.2 Å². The Morgan fingerprint density at radius 3 is 2.24 bits per heavy atom. The van der Waals surface area contributed by atoms with Gasteiger partial charge in [-0.2, -0.15) is 0 Å². The minimum Gasteiger partial charge on any atom is -0.478 e. The van der Waals surface area contributed by atoms with Crippen molar-refractivity contribution < 1.29 is 19.4 Å². The summed E-state index contributed by atoms with van der Waals surface area (Å²) in [6.07, 6.45) is 24.0. The van der Waals surface area contributed by atoms with Gasteiger partial charge in [0.15, 0.2) is 0 Å². The Bertz CT molecular complexity index is 1050. The van der Waals surface area contributed by atoms with E-state index in [9.17, 15) is 9.90 Å². The van der Waals surface area contributed by atoms with E-state index in [-0.39, 0.29) is 11.7 Å². The van der Waals surface area contributed by atoms with Crippen LogP contribution in [0.5, 0.6) is 0 Å². The monoisotopic (exact) mass is 460 g/mol. The maximum Gasteiger partial charge on any atom is 0.335 e. The lowest BCUT2D eigenvalue weighted by molar-refractivity contribution is -0.0834. The number of aromatic carboxylic acids is 1. The predicted molar refractivity (Wildman–Crippen MR) is 138 cm³/mol. The van der Waals surface area contributed by atoms with Gasteiger partial charge in [0.05, 0.1) is 17.3 Å². The van der Waals surface area contributed by atoms with E-state index in [2.05, 4.69) is 51.2 Å². The number of carboxylic acids is 1. The molecule has 3 rings (SSSR count). The van der Waals surface area contributed by atoms with Crippen molar-refractivity contribution in [3.63, 3.8) is 0 Å². The van der Waals surface area contributed by atoms with Crippen molar-refractivity contribution in [2.24, 2.45) is 0 Å². The molecule has 180 valence electrons. The number of hydrogen-bond donors (Lipinski definition) is 1. The number of carboxylic acid groups (broad SMARTS) is 1. The highest BCUT2D eigenvalue weighted by Crippen LogP contribution is 2.38. The third kappa shape index (κ3) is 5.94. The van der Waals surface area contributed by atoms with E-state index in [1.165, 1.54) is 0 Å². The van der Waals surface area contributed by atoms with Crippen LogP contribution in [0.4, 0.5) is 0 Å². The summed E-state index contributed by atoms with van der Waals surface area (Å²) in [5, 5.41) is 9.31. The molecule has 0 amide bonds. The van der Waals surface area contributed by atoms with Crippen LogP contribution in [0.15, 0.2) is 96.7 Å². The van der Waals surface area contributed by atoms with Crippen molar-refractivity contribution in [3.05, 3.63) is 108 Å². The van der Waals surface area contributed by atoms with Crippen molar-refractivity contribution in [1.82, 2.24) is 0 Å². The Balaban J connectivity index is 1.83. The average molecular weight is 461 g/mol. The summed E-state index contributed by atoms with van der Waals surface area (Å²) >= 11 is 0. The Labute approximate surface area is 203 Å². The standard InChI is InChI=1S/C30H36O4/c1-6-30(7-2,34-29(5)18-10-8-9-11-19-29)26-16-13-20-28(4,21-17-26)33-23(3)24-14-12-15-25(22-24)27(31)32/h8-23H,6-7H2,1-5H3,(H,31,32). The Morgan fingerprint density at radius 2 is 1.62 bits per heavy atom. The van der Waals surface area contributed by atoms with Gasteiger partial charge in [-0.25, -0.2) is 4.79 Å². The van der Waals surface area contributed by atoms with E-state index in [1.807, 2.05) is 56.4 Å². The number of allylic oxidation sites excluding steroid dienone is 6. The van der Waals surface area contributed by atoms with Crippen molar-refractivity contribution >= 4 is 5.97 Å². The van der Waals surface area contributed by atoms with Gasteiger partial charge in [-0.1, -0.05) is 68.5 Å². The Kier molecular flexibility index (Phi) is 7.96. The largest absolute Gasteiger partial charge is 0.478 e. The van der Waals surface area contributed by atoms with Crippen LogP contribution < -0.4 is 0 Å². The molecular formula is C30H36O4. The van der Waals surface area contributed by atoms with Gasteiger partial charge in [0.1, 0.15) is 11.2 Å². The zero-order chi connectivity index (χ0) is 24.8. The normalized spacial score (nSPS) is 22.2. The van der Waals surface area contributed by atoms with Crippen LogP contribution in [0.2, 0.25) is 0 Å². The first-order chi connectivity index (χ1) is 16.1. The van der Waals surface area contributed by atoms with Gasteiger partial charge in [-0.3, -0.25) is 0 Å². The van der Waals surface area contributed by atoms with Crippen molar-refractivity contribution in [1.29, 1.82) is 0 Å². The fourth-order valence-corrected chi connectivity index (χ4v) is 4.49. The lowest BCUT2D eigenvalue weighted by atomic mass is 9.85. The minimum atomic E-state index is -0.943. The van der Waals surface area contributed by atoms with E-state index in [0.29, 0.717) is 0 Å². The Morgan fingerprint density at radius 1 is 0.971 bits per heavy atom. The van der Waals surface area contributed by atoms with E-state index in [4.69, 9.17) is 9.47 Å². The fourth-order valence-electron chi connectivity index (χ4n) is 4.49. The van der Waals surface area contributed by atoms with Crippen molar-refractivity contribution in [2.75, 3.05) is 0 Å². The lowest BCUT2D eigenvalue weighted by Crippen LogP contribution is -2.41. The zero-order valence-corrected chi connectivity index (χ0v) is 20.8. The molecule has 4 heteroatoms. The lowest BCUT2D eigenvalue weighted by Gasteiger charge is -2.40. The Hall–Kier alpha value is -2.95. The number of benzene rings is 1. The van der Waals surface area contributed by atoms with Crippen LogP contribution in [0, 0.1) is 0 Å². The highest BCUT2D eigenvalue weighted by Gasteiger charge is 2.37. The van der Waals surface area contributed by atoms with Crippen LogP contribution >= 0.6 is 0 Å². The first-order valence-corrected chi connectivity index (χ1v) is 12.0. The van der Waals surface area contributed by atoms with Crippen LogP contribution in [0.1, 0.15) is 69.5 Å². The maximum atomic E-state index is 11.4. The molecule has 1 aromatic rings. The van der Waals surface area contributed by atoms with Crippen LogP contribution in [0.25, 0.3) is 0 Å². The molecule has 2 aliphatic carbocycles. The van der Waals surface area contributed by atoms with Gasteiger partial charge in [-0.15, -0.1) is 0 Å². The minimum absolute atomic E-state index is 0.257. The number of carbonyl (C=O) groups is 1. The molecule has 0 bridgehead atoms. The fraction of sp³-hybridized carbons (Fsp3) is 0.367. The molecule has 1 N–H and O–H groups in total. The second-order valence-electron chi connectivity index (χ2n) is 9.28. The molecule has 0 aliphatic heterocycles. The molecule has 0 fully saturated rings. The summed E-state index contributed by atoms with van der Waals surface area (Å²) in [6.45, 7) is 10.4. The summed E-state index contributed by atoms with van der Waals surface area (Å²) < 4.78 is 13.3. The summed E-state index contributed by atoms with van der Waals surface area (Å²) in [5.41, 5.74) is 0.563. The van der Waals surface area contributed by atoms with E-state index in [0.717, 1.165) is 24.0 Å². The summed E-state index contributed by atoms with van der Waals surface area (Å²) in [7, 11) is 0. The third-order valence-corrected chi connectivity index (χ3v) is 6.60. The molecular weight excluding hydrogens is 424 g/mol. The SMILES string of the molecule is CCC(CC)(OC1(C)C=CC=CC=C1)C1=CC=CC(C)(OC(C)c2cccc(C(=O)O)c2)C=C1. The van der Waals surface area contributed by atoms with Crippen molar-refractivity contribution in [3.8, 4) is 0 Å². The van der Waals surface area contributed by atoms with E-state index in [1.54, 1.807) is 18.2 Å². The molecule has 0 heterocycles. The van der Waals surface area contributed by atoms with Gasteiger partial charge in [0, 0.05) is 0 Å². The summed E-state index contributed by atoms with van der Waals surface area (Å²) in [6, 6.07) is 6.90. The van der Waals surface area contributed by atoms with E-state index >= 15 is 0 Å². The number of ether oxygens (including phenoxy) is 2. The molecule has 0 aromatic heterocycles. The van der Waals surface area contributed by atoms with Gasteiger partial charge >= 0.3 is 5.97 Å². The number of hydrogen-bond acceptors (Lipinski definition) is 3. The predicted octanol–water partition coefficient (Wildman–Crippen LogP) is 7.29. The smallest absolute Gasteiger partial charge is 0.335 e. The first-order valence-electron chi connectivity index (χ1n) is 12.0. The quantitative estimate of drug-likeness (QED) is 0.420. The zero-order valence-electron chi connectivity index (χ0n) is 20.8. The molecule has 0 saturated carbocycles. The van der Waals surface area contributed by atoms with E-state index < -0.39 is 22.8 Å². The first kappa shape index (κ1) is 25.7. The molecule has 2 aliphatic rings. The molecule has 2 atom stereocenters. The second-order valence-corrected chi connectivity index (χ2v) is 9.28. The highest BCUT2D eigenvalue weighted by atomic mass is 16.5. The molecule has 2 unspecified atom stereocenters. The topological polar surface area (TPSA) is 55.8 Å². The molecule has 0 radical (unpaired) electrons. The molecule has 34 heavy (non-hydrogen) atoms. The summed E-state index contributed by atoms with van der Waals surface area (Å²) in [4.78, 5) is 11.4. The third-order valence-electron chi connectivity index (χ3n) is 6.60. The maximum absolute atomic E-state index is 11.4. The molecule has 1 aromatic carbocycles. The molecule has 0 spiro atoms. The summed E-state index contributed by atoms with van der Waals surface area (Å²) in [5.74, 6) is -0.943. The van der Waals surface area contributed by atoms with Crippen LogP contribution in [-0.2, 0) is 9.47 Å². The van der Waals surface area contributed by atoms with Crippen LogP contribution in [0.3, 0.4) is 0 Å². The second kappa shape index (κ2) is 10.5. The van der Waals surface area contributed by atoms with Gasteiger partial charge < -0.3 is 14.6 Å². The van der Waals surface area contributed by atoms with Crippen molar-refractivity contribution in [2.45, 2.75) is 70.4 Å².